The number of nitro benzene ring substituents is 1. The summed E-state index contributed by atoms with van der Waals surface area (Å²) in [6.07, 6.45) is 0. The van der Waals surface area contributed by atoms with Gasteiger partial charge in [0, 0.05) is 29.2 Å². The molecule has 2 N–H and O–H groups in total. The number of carbonyl (C=O) groups is 2. The number of carboxylic acid groups (broad SMARTS) is 1. The maximum absolute atomic E-state index is 11.3. The molecule has 0 saturated heterocycles. The molecule has 0 aliphatic carbocycles. The number of nitro groups is 1. The van der Waals surface area contributed by atoms with Gasteiger partial charge in [-0.3, -0.25) is 19.8 Å². The fourth-order valence-corrected chi connectivity index (χ4v) is 2.70. The Labute approximate surface area is 121 Å². The van der Waals surface area contributed by atoms with Crippen LogP contribution in [0, 0.1) is 10.1 Å². The standard InChI is InChI=1S/C11H10BrN3O5/c1-14-3-5-6(4-14)9(13-10(16)11(17)18)8(15(19)20)2-7(5)12/h2H,3-4H2,1H3,(H,13,16)(H,17,18). The van der Waals surface area contributed by atoms with Crippen molar-refractivity contribution in [3.63, 3.8) is 0 Å². The summed E-state index contributed by atoms with van der Waals surface area (Å²) < 4.78 is 0.567. The van der Waals surface area contributed by atoms with Gasteiger partial charge in [0.2, 0.25) is 0 Å². The summed E-state index contributed by atoms with van der Waals surface area (Å²) in [7, 11) is 1.82. The van der Waals surface area contributed by atoms with Crippen LogP contribution in [0.4, 0.5) is 11.4 Å². The molecule has 0 spiro atoms. The van der Waals surface area contributed by atoms with E-state index in [-0.39, 0.29) is 11.4 Å². The molecule has 1 aromatic rings. The average Bonchev–Trinajstić information content (AvgIpc) is 2.74. The molecule has 20 heavy (non-hydrogen) atoms. The third kappa shape index (κ3) is 2.49. The number of benzene rings is 1. The van der Waals surface area contributed by atoms with E-state index in [0.717, 1.165) is 5.56 Å². The van der Waals surface area contributed by atoms with Crippen LogP contribution in [-0.4, -0.2) is 33.9 Å². The topological polar surface area (TPSA) is 113 Å². The molecule has 0 radical (unpaired) electrons. The largest absolute Gasteiger partial charge is 0.474 e. The molecule has 0 fully saturated rings. The van der Waals surface area contributed by atoms with Gasteiger partial charge >= 0.3 is 11.9 Å². The van der Waals surface area contributed by atoms with Crippen LogP contribution in [0.1, 0.15) is 11.1 Å². The Morgan fingerprint density at radius 2 is 2.05 bits per heavy atom. The summed E-state index contributed by atoms with van der Waals surface area (Å²) in [6, 6.07) is 1.27. The minimum absolute atomic E-state index is 0.0510. The molecule has 1 aliphatic heterocycles. The number of carbonyl (C=O) groups excluding carboxylic acids is 1. The molecule has 1 aliphatic rings. The first-order chi connectivity index (χ1) is 9.31. The Kier molecular flexibility index (Phi) is 3.73. The predicted octanol–water partition coefficient (Wildman–Crippen LogP) is 1.33. The molecular weight excluding hydrogens is 334 g/mol. The summed E-state index contributed by atoms with van der Waals surface area (Å²) in [5.74, 6) is -2.99. The maximum atomic E-state index is 11.3. The van der Waals surface area contributed by atoms with Gasteiger partial charge in [0.05, 0.1) is 4.92 Å². The van der Waals surface area contributed by atoms with Gasteiger partial charge in [0.1, 0.15) is 5.69 Å². The van der Waals surface area contributed by atoms with Crippen molar-refractivity contribution < 1.29 is 19.6 Å². The fraction of sp³-hybridized carbons (Fsp3) is 0.273. The second kappa shape index (κ2) is 5.17. The van der Waals surface area contributed by atoms with Crippen molar-refractivity contribution in [2.75, 3.05) is 12.4 Å². The number of hydrogen-bond donors (Lipinski definition) is 2. The Hall–Kier alpha value is -2.00. The van der Waals surface area contributed by atoms with Gasteiger partial charge in [-0.05, 0) is 12.6 Å². The lowest BCUT2D eigenvalue weighted by molar-refractivity contribution is -0.384. The van der Waals surface area contributed by atoms with E-state index < -0.39 is 16.8 Å². The predicted molar refractivity (Wildman–Crippen MR) is 72.2 cm³/mol. The zero-order valence-corrected chi connectivity index (χ0v) is 11.9. The minimum Gasteiger partial charge on any atom is -0.474 e. The summed E-state index contributed by atoms with van der Waals surface area (Å²) in [5.41, 5.74) is 0.979. The van der Waals surface area contributed by atoms with Crippen LogP contribution >= 0.6 is 15.9 Å². The summed E-state index contributed by atoms with van der Waals surface area (Å²) >= 11 is 3.26. The molecule has 2 rings (SSSR count). The number of nitrogens with zero attached hydrogens (tertiary/aromatic N) is 2. The molecule has 1 amide bonds. The van der Waals surface area contributed by atoms with Crippen LogP contribution in [0.15, 0.2) is 10.5 Å². The number of hydrogen-bond acceptors (Lipinski definition) is 5. The lowest BCUT2D eigenvalue weighted by Gasteiger charge is -2.10. The van der Waals surface area contributed by atoms with E-state index in [0.29, 0.717) is 23.1 Å². The van der Waals surface area contributed by atoms with E-state index in [1.54, 1.807) is 0 Å². The van der Waals surface area contributed by atoms with Gasteiger partial charge in [-0.15, -0.1) is 0 Å². The van der Waals surface area contributed by atoms with Crippen LogP contribution in [0.25, 0.3) is 0 Å². The number of halogens is 1. The van der Waals surface area contributed by atoms with Crippen LogP contribution in [0.5, 0.6) is 0 Å². The molecule has 0 bridgehead atoms. The first-order valence-electron chi connectivity index (χ1n) is 5.52. The van der Waals surface area contributed by atoms with E-state index in [1.165, 1.54) is 6.07 Å². The molecule has 106 valence electrons. The molecule has 0 unspecified atom stereocenters. The Morgan fingerprint density at radius 3 is 2.60 bits per heavy atom. The average molecular weight is 344 g/mol. The quantitative estimate of drug-likeness (QED) is 0.475. The van der Waals surface area contributed by atoms with Crippen LogP contribution < -0.4 is 5.32 Å². The molecule has 1 heterocycles. The molecule has 0 aromatic heterocycles. The van der Waals surface area contributed by atoms with Gasteiger partial charge in [-0.1, -0.05) is 15.9 Å². The second-order valence-electron chi connectivity index (χ2n) is 4.40. The highest BCUT2D eigenvalue weighted by atomic mass is 79.9. The summed E-state index contributed by atoms with van der Waals surface area (Å²) in [6.45, 7) is 0.953. The zero-order chi connectivity index (χ0) is 15.0. The number of aliphatic carboxylic acids is 1. The van der Waals surface area contributed by atoms with Gasteiger partial charge in [0.15, 0.2) is 0 Å². The second-order valence-corrected chi connectivity index (χ2v) is 5.25. The third-order valence-corrected chi connectivity index (χ3v) is 3.67. The lowest BCUT2D eigenvalue weighted by atomic mass is 10.1. The van der Waals surface area contributed by atoms with Gasteiger partial charge in [-0.25, -0.2) is 4.79 Å². The Bertz CT molecular complexity index is 631. The van der Waals surface area contributed by atoms with Crippen molar-refractivity contribution in [1.29, 1.82) is 0 Å². The normalized spacial score (nSPS) is 13.9. The molecule has 0 saturated carbocycles. The number of nitrogens with one attached hydrogen (secondary N) is 1. The molecule has 9 heteroatoms. The van der Waals surface area contributed by atoms with Crippen molar-refractivity contribution in [2.24, 2.45) is 0 Å². The molecular formula is C11H10BrN3O5. The smallest absolute Gasteiger partial charge is 0.394 e. The van der Waals surface area contributed by atoms with Crippen molar-refractivity contribution in [3.05, 3.63) is 31.8 Å². The molecule has 0 atom stereocenters. The van der Waals surface area contributed by atoms with Gasteiger partial charge < -0.3 is 10.4 Å². The van der Waals surface area contributed by atoms with Crippen molar-refractivity contribution in [1.82, 2.24) is 4.90 Å². The number of carboxylic acids is 1. The van der Waals surface area contributed by atoms with Gasteiger partial charge in [-0.2, -0.15) is 0 Å². The molecule has 8 nitrogen and oxygen atoms in total. The Morgan fingerprint density at radius 1 is 1.45 bits per heavy atom. The van der Waals surface area contributed by atoms with Crippen molar-refractivity contribution >= 4 is 39.2 Å². The minimum atomic E-state index is -1.69. The van der Waals surface area contributed by atoms with Crippen molar-refractivity contribution in [2.45, 2.75) is 13.1 Å². The monoisotopic (exact) mass is 343 g/mol. The van der Waals surface area contributed by atoms with E-state index >= 15 is 0 Å². The lowest BCUT2D eigenvalue weighted by Crippen LogP contribution is -2.23. The highest BCUT2D eigenvalue weighted by Crippen LogP contribution is 2.40. The number of fused-ring (bicyclic) bond motifs is 1. The highest BCUT2D eigenvalue weighted by Gasteiger charge is 2.30. The van der Waals surface area contributed by atoms with E-state index in [9.17, 15) is 19.7 Å². The first-order valence-corrected chi connectivity index (χ1v) is 6.32. The highest BCUT2D eigenvalue weighted by molar-refractivity contribution is 9.10. The van der Waals surface area contributed by atoms with Crippen LogP contribution in [-0.2, 0) is 22.7 Å². The summed E-state index contributed by atoms with van der Waals surface area (Å²) in [5, 5.41) is 21.8. The zero-order valence-electron chi connectivity index (χ0n) is 10.3. The SMILES string of the molecule is CN1Cc2c(Br)cc([N+](=O)[O-])c(NC(=O)C(=O)O)c2C1. The summed E-state index contributed by atoms with van der Waals surface area (Å²) in [4.78, 5) is 34.2. The van der Waals surface area contributed by atoms with E-state index in [2.05, 4.69) is 21.2 Å². The van der Waals surface area contributed by atoms with E-state index in [1.807, 2.05) is 11.9 Å². The Balaban J connectivity index is 2.58. The fourth-order valence-electron chi connectivity index (χ4n) is 2.12. The van der Waals surface area contributed by atoms with Crippen molar-refractivity contribution in [3.8, 4) is 0 Å². The van der Waals surface area contributed by atoms with Gasteiger partial charge in [0.25, 0.3) is 5.69 Å². The number of rotatable bonds is 2. The molecule has 1 aromatic carbocycles. The number of amides is 1. The van der Waals surface area contributed by atoms with Crippen LogP contribution in [0.2, 0.25) is 0 Å². The third-order valence-electron chi connectivity index (χ3n) is 2.96. The maximum Gasteiger partial charge on any atom is 0.394 e. The number of anilines is 1. The van der Waals surface area contributed by atoms with E-state index in [4.69, 9.17) is 5.11 Å². The first kappa shape index (κ1) is 14.4. The van der Waals surface area contributed by atoms with Crippen LogP contribution in [0.3, 0.4) is 0 Å².